The molecule has 11 heavy (non-hydrogen) atoms. The van der Waals surface area contributed by atoms with E-state index >= 15 is 0 Å². The Labute approximate surface area is 74.5 Å². The zero-order valence-corrected chi connectivity index (χ0v) is 7.39. The Bertz CT molecular complexity index is 242. The highest BCUT2D eigenvalue weighted by Gasteiger charge is 2.11. The lowest BCUT2D eigenvalue weighted by molar-refractivity contribution is 0.803. The molecule has 1 rings (SSSR count). The first-order chi connectivity index (χ1) is 5.13. The van der Waals surface area contributed by atoms with Crippen LogP contribution in [0.1, 0.15) is 18.5 Å². The molecule has 60 valence electrons. The predicted molar refractivity (Wildman–Crippen MR) is 44.7 cm³/mol. The van der Waals surface area contributed by atoms with Crippen LogP contribution in [0.25, 0.3) is 0 Å². The lowest BCUT2D eigenvalue weighted by Gasteiger charge is -2.07. The number of hydrogen-bond acceptors (Lipinski definition) is 3. The molecule has 1 aromatic heterocycles. The van der Waals surface area contributed by atoms with Gasteiger partial charge in [0, 0.05) is 11.6 Å². The summed E-state index contributed by atoms with van der Waals surface area (Å²) < 4.78 is 0. The standard InChI is InChI=1S/C6H7Cl2N3/c1-3(9)4-5(7)10-2-11-6(4)8/h2-3H,9H2,1H3/t3-/m1/s1. The number of hydrogen-bond donors (Lipinski definition) is 1. The minimum Gasteiger partial charge on any atom is -0.324 e. The van der Waals surface area contributed by atoms with Gasteiger partial charge in [0.2, 0.25) is 0 Å². The molecule has 0 spiro atoms. The molecular weight excluding hydrogens is 185 g/mol. The second-order valence-corrected chi connectivity index (χ2v) is 2.87. The Hall–Kier alpha value is -0.380. The van der Waals surface area contributed by atoms with E-state index in [0.29, 0.717) is 15.9 Å². The van der Waals surface area contributed by atoms with E-state index in [-0.39, 0.29) is 6.04 Å². The first-order valence-electron chi connectivity index (χ1n) is 3.04. The summed E-state index contributed by atoms with van der Waals surface area (Å²) in [5, 5.41) is 0.639. The minimum atomic E-state index is -0.240. The first-order valence-corrected chi connectivity index (χ1v) is 3.80. The molecule has 1 atom stereocenters. The van der Waals surface area contributed by atoms with Gasteiger partial charge in [0.25, 0.3) is 0 Å². The van der Waals surface area contributed by atoms with Gasteiger partial charge in [-0.25, -0.2) is 9.97 Å². The van der Waals surface area contributed by atoms with E-state index < -0.39 is 0 Å². The third-order valence-corrected chi connectivity index (χ3v) is 1.84. The van der Waals surface area contributed by atoms with Crippen molar-refractivity contribution in [1.29, 1.82) is 0 Å². The largest absolute Gasteiger partial charge is 0.324 e. The van der Waals surface area contributed by atoms with Crippen molar-refractivity contribution in [2.24, 2.45) is 5.73 Å². The minimum absolute atomic E-state index is 0.240. The zero-order valence-electron chi connectivity index (χ0n) is 5.88. The van der Waals surface area contributed by atoms with Crippen LogP contribution >= 0.6 is 23.2 Å². The van der Waals surface area contributed by atoms with Crippen molar-refractivity contribution in [1.82, 2.24) is 9.97 Å². The quantitative estimate of drug-likeness (QED) is 0.690. The van der Waals surface area contributed by atoms with Crippen LogP contribution in [0.3, 0.4) is 0 Å². The van der Waals surface area contributed by atoms with Crippen molar-refractivity contribution in [3.63, 3.8) is 0 Å². The Morgan fingerprint density at radius 3 is 2.09 bits per heavy atom. The van der Waals surface area contributed by atoms with Crippen LogP contribution in [0, 0.1) is 0 Å². The van der Waals surface area contributed by atoms with E-state index in [1.54, 1.807) is 6.92 Å². The van der Waals surface area contributed by atoms with Gasteiger partial charge in [-0.2, -0.15) is 0 Å². The highest BCUT2D eigenvalue weighted by atomic mass is 35.5. The van der Waals surface area contributed by atoms with Gasteiger partial charge in [-0.05, 0) is 6.92 Å². The predicted octanol–water partition coefficient (Wildman–Crippen LogP) is 1.80. The molecule has 2 N–H and O–H groups in total. The molecule has 5 heteroatoms. The van der Waals surface area contributed by atoms with Gasteiger partial charge >= 0.3 is 0 Å². The Morgan fingerprint density at radius 1 is 1.36 bits per heavy atom. The summed E-state index contributed by atoms with van der Waals surface area (Å²) in [5.74, 6) is 0. The number of halogens is 2. The molecule has 0 amide bonds. The van der Waals surface area contributed by atoms with Gasteiger partial charge in [-0.3, -0.25) is 0 Å². The van der Waals surface area contributed by atoms with E-state index in [1.165, 1.54) is 6.33 Å². The molecule has 0 fully saturated rings. The number of aromatic nitrogens is 2. The van der Waals surface area contributed by atoms with Crippen LogP contribution in [0.4, 0.5) is 0 Å². The molecule has 0 aliphatic carbocycles. The molecule has 0 bridgehead atoms. The SMILES string of the molecule is C[C@@H](N)c1c(Cl)ncnc1Cl. The maximum atomic E-state index is 5.71. The van der Waals surface area contributed by atoms with Crippen LogP contribution in [0.2, 0.25) is 10.3 Å². The zero-order chi connectivity index (χ0) is 8.43. The van der Waals surface area contributed by atoms with Crippen LogP contribution < -0.4 is 5.73 Å². The normalized spacial score (nSPS) is 13.1. The third kappa shape index (κ3) is 1.80. The van der Waals surface area contributed by atoms with E-state index in [0.717, 1.165) is 0 Å². The second kappa shape index (κ2) is 3.34. The lowest BCUT2D eigenvalue weighted by atomic mass is 10.2. The maximum absolute atomic E-state index is 5.71. The molecule has 0 unspecified atom stereocenters. The molecule has 0 saturated heterocycles. The summed E-state index contributed by atoms with van der Waals surface area (Å²) in [6.07, 6.45) is 1.30. The number of rotatable bonds is 1. The summed E-state index contributed by atoms with van der Waals surface area (Å²) in [4.78, 5) is 7.50. The monoisotopic (exact) mass is 191 g/mol. The van der Waals surface area contributed by atoms with Crippen LogP contribution in [-0.2, 0) is 0 Å². The summed E-state index contributed by atoms with van der Waals surface area (Å²) >= 11 is 11.4. The van der Waals surface area contributed by atoms with Crippen molar-refractivity contribution < 1.29 is 0 Å². The fourth-order valence-electron chi connectivity index (χ4n) is 0.730. The summed E-state index contributed by atoms with van der Waals surface area (Å²) in [6.45, 7) is 1.77. The highest BCUT2D eigenvalue weighted by molar-refractivity contribution is 6.34. The van der Waals surface area contributed by atoms with E-state index in [1.807, 2.05) is 0 Å². The smallest absolute Gasteiger partial charge is 0.138 e. The molecule has 0 aromatic carbocycles. The van der Waals surface area contributed by atoms with Crippen LogP contribution in [-0.4, -0.2) is 9.97 Å². The van der Waals surface area contributed by atoms with Crippen LogP contribution in [0.5, 0.6) is 0 Å². The fraction of sp³-hybridized carbons (Fsp3) is 0.333. The summed E-state index contributed by atoms with van der Waals surface area (Å²) in [5.41, 5.74) is 6.16. The average Bonchev–Trinajstić information content (AvgIpc) is 1.85. The van der Waals surface area contributed by atoms with E-state index in [4.69, 9.17) is 28.9 Å². The molecule has 0 aliphatic heterocycles. The van der Waals surface area contributed by atoms with Crippen molar-refractivity contribution in [2.45, 2.75) is 13.0 Å². The van der Waals surface area contributed by atoms with Gasteiger partial charge < -0.3 is 5.73 Å². The first kappa shape index (κ1) is 8.71. The lowest BCUT2D eigenvalue weighted by Crippen LogP contribution is -2.08. The van der Waals surface area contributed by atoms with Crippen molar-refractivity contribution in [3.8, 4) is 0 Å². The van der Waals surface area contributed by atoms with Crippen LogP contribution in [0.15, 0.2) is 6.33 Å². The molecule has 1 aromatic rings. The Kier molecular flexibility index (Phi) is 2.65. The van der Waals surface area contributed by atoms with Crippen molar-refractivity contribution in [2.75, 3.05) is 0 Å². The molecule has 0 aliphatic rings. The molecule has 0 saturated carbocycles. The average molecular weight is 192 g/mol. The Morgan fingerprint density at radius 2 is 1.82 bits per heavy atom. The van der Waals surface area contributed by atoms with E-state index in [2.05, 4.69) is 9.97 Å². The van der Waals surface area contributed by atoms with E-state index in [9.17, 15) is 0 Å². The fourth-order valence-corrected chi connectivity index (χ4v) is 1.39. The van der Waals surface area contributed by atoms with Crippen molar-refractivity contribution in [3.05, 3.63) is 22.2 Å². The summed E-state index contributed by atoms with van der Waals surface area (Å²) in [6, 6.07) is -0.240. The summed E-state index contributed by atoms with van der Waals surface area (Å²) in [7, 11) is 0. The maximum Gasteiger partial charge on any atom is 0.138 e. The topological polar surface area (TPSA) is 51.8 Å². The number of nitrogens with zero attached hydrogens (tertiary/aromatic N) is 2. The van der Waals surface area contributed by atoms with Gasteiger partial charge in [0.15, 0.2) is 0 Å². The van der Waals surface area contributed by atoms with Crippen molar-refractivity contribution >= 4 is 23.2 Å². The van der Waals surface area contributed by atoms with Gasteiger partial charge in [-0.15, -0.1) is 0 Å². The molecule has 1 heterocycles. The second-order valence-electron chi connectivity index (χ2n) is 2.16. The van der Waals surface area contributed by atoms with Gasteiger partial charge in [-0.1, -0.05) is 23.2 Å². The van der Waals surface area contributed by atoms with Gasteiger partial charge in [0.1, 0.15) is 16.6 Å². The molecular formula is C6H7Cl2N3. The van der Waals surface area contributed by atoms with Gasteiger partial charge in [0.05, 0.1) is 0 Å². The Balaban J connectivity index is 3.21. The highest BCUT2D eigenvalue weighted by Crippen LogP contribution is 2.24. The molecule has 0 radical (unpaired) electrons. The third-order valence-electron chi connectivity index (χ3n) is 1.24. The number of nitrogens with two attached hydrogens (primary N) is 1. The molecule has 3 nitrogen and oxygen atoms in total.